The minimum atomic E-state index is -0.825. The third-order valence-electron chi connectivity index (χ3n) is 5.39. The molecule has 168 valence electrons. The molecule has 1 heterocycles. The lowest BCUT2D eigenvalue weighted by molar-refractivity contribution is -0.132. The second kappa shape index (κ2) is 9.20. The minimum absolute atomic E-state index is 0.0312. The van der Waals surface area contributed by atoms with E-state index in [0.29, 0.717) is 28.3 Å². The largest absolute Gasteiger partial charge is 0.507 e. The van der Waals surface area contributed by atoms with Crippen LogP contribution in [0.5, 0.6) is 11.5 Å². The maximum Gasteiger partial charge on any atom is 0.300 e. The molecule has 0 spiro atoms. The highest BCUT2D eigenvalue weighted by Crippen LogP contribution is 2.43. The third-order valence-corrected chi connectivity index (χ3v) is 5.39. The van der Waals surface area contributed by atoms with Gasteiger partial charge in [0, 0.05) is 11.3 Å². The zero-order valence-corrected chi connectivity index (χ0v) is 18.7. The average molecular weight is 443 g/mol. The molecule has 33 heavy (non-hydrogen) atoms. The van der Waals surface area contributed by atoms with Crippen molar-refractivity contribution in [3.8, 4) is 11.5 Å². The highest BCUT2D eigenvalue weighted by atomic mass is 16.5. The molecule has 6 heteroatoms. The zero-order chi connectivity index (χ0) is 23.5. The van der Waals surface area contributed by atoms with Crippen molar-refractivity contribution < 1.29 is 24.2 Å². The molecule has 0 saturated carbocycles. The fourth-order valence-corrected chi connectivity index (χ4v) is 3.94. The molecule has 3 aromatic rings. The molecule has 1 aliphatic rings. The summed E-state index contributed by atoms with van der Waals surface area (Å²) in [5.74, 6) is -0.429. The summed E-state index contributed by atoms with van der Waals surface area (Å²) in [4.78, 5) is 27.8. The summed E-state index contributed by atoms with van der Waals surface area (Å²) in [7, 11) is 1.56. The number of anilines is 1. The van der Waals surface area contributed by atoms with Crippen LogP contribution in [0.4, 0.5) is 5.69 Å². The molecule has 1 saturated heterocycles. The number of amides is 1. The number of hydrogen-bond donors (Lipinski definition) is 1. The Kier molecular flexibility index (Phi) is 6.18. The van der Waals surface area contributed by atoms with Gasteiger partial charge in [-0.05, 0) is 55.8 Å². The number of ketones is 1. The van der Waals surface area contributed by atoms with Gasteiger partial charge in [-0.3, -0.25) is 14.5 Å². The van der Waals surface area contributed by atoms with Crippen molar-refractivity contribution in [2.45, 2.75) is 26.0 Å². The van der Waals surface area contributed by atoms with E-state index in [0.717, 1.165) is 0 Å². The number of carbonyl (C=O) groups is 2. The van der Waals surface area contributed by atoms with E-state index in [9.17, 15) is 14.7 Å². The predicted molar refractivity (Wildman–Crippen MR) is 126 cm³/mol. The molecule has 1 atom stereocenters. The molecule has 0 aliphatic carbocycles. The number of carbonyl (C=O) groups excluding carboxylic acids is 2. The fourth-order valence-electron chi connectivity index (χ4n) is 3.94. The van der Waals surface area contributed by atoms with E-state index in [1.54, 1.807) is 61.7 Å². The quantitative estimate of drug-likeness (QED) is 0.326. The molecule has 0 radical (unpaired) electrons. The predicted octanol–water partition coefficient (Wildman–Crippen LogP) is 5.11. The lowest BCUT2D eigenvalue weighted by Crippen LogP contribution is -2.29. The number of ether oxygens (including phenoxy) is 2. The second-order valence-electron chi connectivity index (χ2n) is 7.97. The summed E-state index contributed by atoms with van der Waals surface area (Å²) in [5, 5.41) is 11.1. The van der Waals surface area contributed by atoms with E-state index in [-0.39, 0.29) is 17.4 Å². The van der Waals surface area contributed by atoms with Gasteiger partial charge in [0.05, 0.1) is 24.8 Å². The number of methoxy groups -OCH3 is 1. The summed E-state index contributed by atoms with van der Waals surface area (Å²) >= 11 is 0. The number of rotatable bonds is 6. The van der Waals surface area contributed by atoms with Crippen LogP contribution in [0, 0.1) is 0 Å². The van der Waals surface area contributed by atoms with Crippen LogP contribution in [0.1, 0.15) is 31.0 Å². The molecule has 1 fully saturated rings. The van der Waals surface area contributed by atoms with Gasteiger partial charge in [-0.2, -0.15) is 0 Å². The van der Waals surface area contributed by atoms with Gasteiger partial charge in [0.15, 0.2) is 0 Å². The van der Waals surface area contributed by atoms with Crippen LogP contribution >= 0.6 is 0 Å². The molecule has 1 unspecified atom stereocenters. The number of hydrogen-bond acceptors (Lipinski definition) is 5. The maximum absolute atomic E-state index is 13.2. The van der Waals surface area contributed by atoms with Crippen molar-refractivity contribution in [1.29, 1.82) is 0 Å². The lowest BCUT2D eigenvalue weighted by Gasteiger charge is -2.26. The first-order chi connectivity index (χ1) is 15.9. The minimum Gasteiger partial charge on any atom is -0.507 e. The molecule has 1 aliphatic heterocycles. The van der Waals surface area contributed by atoms with Crippen LogP contribution in [0.15, 0.2) is 84.4 Å². The Labute approximate surface area is 192 Å². The van der Waals surface area contributed by atoms with Gasteiger partial charge in [-0.1, -0.05) is 42.5 Å². The topological polar surface area (TPSA) is 76.1 Å². The van der Waals surface area contributed by atoms with Crippen molar-refractivity contribution in [2.75, 3.05) is 12.0 Å². The highest BCUT2D eigenvalue weighted by Gasteiger charge is 2.47. The van der Waals surface area contributed by atoms with E-state index in [2.05, 4.69) is 0 Å². The van der Waals surface area contributed by atoms with E-state index < -0.39 is 17.7 Å². The SMILES string of the molecule is COc1ccc(N2C(=O)C(=O)/C(=C(\O)c3ccccc3)C2c2cccc(OC(C)C)c2)cc1. The van der Waals surface area contributed by atoms with Crippen LogP contribution in [-0.4, -0.2) is 30.0 Å². The zero-order valence-electron chi connectivity index (χ0n) is 18.7. The number of nitrogens with zero attached hydrogens (tertiary/aromatic N) is 1. The lowest BCUT2D eigenvalue weighted by atomic mass is 9.95. The Hall–Kier alpha value is -4.06. The molecule has 6 nitrogen and oxygen atoms in total. The van der Waals surface area contributed by atoms with E-state index in [1.165, 1.54) is 4.90 Å². The second-order valence-corrected chi connectivity index (χ2v) is 7.97. The number of aliphatic hydroxyl groups is 1. The highest BCUT2D eigenvalue weighted by molar-refractivity contribution is 6.51. The Bertz CT molecular complexity index is 1200. The van der Waals surface area contributed by atoms with Gasteiger partial charge < -0.3 is 14.6 Å². The van der Waals surface area contributed by atoms with Crippen molar-refractivity contribution in [3.63, 3.8) is 0 Å². The Morgan fingerprint density at radius 3 is 2.24 bits per heavy atom. The summed E-state index contributed by atoms with van der Waals surface area (Å²) in [5.41, 5.74) is 1.67. The summed E-state index contributed by atoms with van der Waals surface area (Å²) in [6, 6.07) is 22.0. The van der Waals surface area contributed by atoms with Crippen LogP contribution in [0.25, 0.3) is 5.76 Å². The van der Waals surface area contributed by atoms with Crippen LogP contribution in [0.3, 0.4) is 0 Å². The molecular weight excluding hydrogens is 418 g/mol. The van der Waals surface area contributed by atoms with Crippen molar-refractivity contribution in [2.24, 2.45) is 0 Å². The Morgan fingerprint density at radius 2 is 1.61 bits per heavy atom. The van der Waals surface area contributed by atoms with Crippen LogP contribution < -0.4 is 14.4 Å². The first-order valence-corrected chi connectivity index (χ1v) is 10.7. The maximum atomic E-state index is 13.2. The number of benzene rings is 3. The van der Waals surface area contributed by atoms with Gasteiger partial charge in [-0.15, -0.1) is 0 Å². The standard InChI is InChI=1S/C27H25NO5/c1-17(2)33-22-11-7-10-19(16-22)24-23(25(29)18-8-5-4-6-9-18)26(30)27(31)28(24)20-12-14-21(32-3)15-13-20/h4-17,24,29H,1-3H3/b25-23-. The van der Waals surface area contributed by atoms with Gasteiger partial charge in [-0.25, -0.2) is 0 Å². The average Bonchev–Trinajstić information content (AvgIpc) is 3.09. The van der Waals surface area contributed by atoms with E-state index in [4.69, 9.17) is 9.47 Å². The molecule has 1 N–H and O–H groups in total. The van der Waals surface area contributed by atoms with Crippen molar-refractivity contribution in [1.82, 2.24) is 0 Å². The van der Waals surface area contributed by atoms with Gasteiger partial charge in [0.25, 0.3) is 11.7 Å². The summed E-state index contributed by atoms with van der Waals surface area (Å²) < 4.78 is 11.1. The van der Waals surface area contributed by atoms with Crippen molar-refractivity contribution >= 4 is 23.1 Å². The normalized spacial score (nSPS) is 17.5. The van der Waals surface area contributed by atoms with Crippen molar-refractivity contribution in [3.05, 3.63) is 95.6 Å². The third kappa shape index (κ3) is 4.32. The molecule has 4 rings (SSSR count). The summed E-state index contributed by atoms with van der Waals surface area (Å²) in [6.07, 6.45) is -0.0440. The van der Waals surface area contributed by atoms with Crippen LogP contribution in [0.2, 0.25) is 0 Å². The molecular formula is C27H25NO5. The fraction of sp³-hybridized carbons (Fsp3) is 0.185. The van der Waals surface area contributed by atoms with Gasteiger partial charge in [0.1, 0.15) is 17.3 Å². The molecule has 3 aromatic carbocycles. The number of aliphatic hydroxyl groups excluding tert-OH is 1. The smallest absolute Gasteiger partial charge is 0.300 e. The molecule has 0 bridgehead atoms. The number of Topliss-reactive ketones (excluding diaryl/α,β-unsaturated/α-hetero) is 1. The molecule has 0 aromatic heterocycles. The first-order valence-electron chi connectivity index (χ1n) is 10.7. The van der Waals surface area contributed by atoms with Gasteiger partial charge >= 0.3 is 0 Å². The van der Waals surface area contributed by atoms with E-state index >= 15 is 0 Å². The van der Waals surface area contributed by atoms with Gasteiger partial charge in [0.2, 0.25) is 0 Å². The van der Waals surface area contributed by atoms with Crippen LogP contribution in [-0.2, 0) is 9.59 Å². The first kappa shape index (κ1) is 22.1. The molecule has 1 amide bonds. The Morgan fingerprint density at radius 1 is 0.909 bits per heavy atom. The van der Waals surface area contributed by atoms with E-state index in [1.807, 2.05) is 38.1 Å². The summed E-state index contributed by atoms with van der Waals surface area (Å²) in [6.45, 7) is 3.84. The Balaban J connectivity index is 1.91. The monoisotopic (exact) mass is 443 g/mol.